The molecule has 2 rings (SSSR count). The third kappa shape index (κ3) is 2.75. The topological polar surface area (TPSA) is 39.1 Å². The minimum atomic E-state index is 0.641. The highest BCUT2D eigenvalue weighted by Gasteiger charge is 2.20. The summed E-state index contributed by atoms with van der Waals surface area (Å²) in [6.07, 6.45) is 3.24. The number of nitrogens with one attached hydrogen (secondary N) is 1. The lowest BCUT2D eigenvalue weighted by atomic mass is 10.1. The largest absolute Gasteiger partial charge is 0.381 e. The molecule has 1 aliphatic rings. The maximum atomic E-state index is 5.46. The van der Waals surface area contributed by atoms with Crippen LogP contribution in [0.2, 0.25) is 0 Å². The molecule has 0 amide bonds. The second-order valence-corrected chi connectivity index (χ2v) is 5.02. The van der Waals surface area contributed by atoms with Gasteiger partial charge in [-0.3, -0.25) is 4.68 Å². The SMILES string of the molecule is CCc1nn(CC2CCOC2)c(CC)c1CNC. The van der Waals surface area contributed by atoms with Crippen LogP contribution in [0, 0.1) is 5.92 Å². The Morgan fingerprint density at radius 2 is 2.22 bits per heavy atom. The first-order valence-corrected chi connectivity index (χ1v) is 7.09. The van der Waals surface area contributed by atoms with Crippen molar-refractivity contribution in [1.29, 1.82) is 0 Å². The average molecular weight is 251 g/mol. The molecular weight excluding hydrogens is 226 g/mol. The molecule has 1 aromatic rings. The third-order valence-electron chi connectivity index (χ3n) is 3.73. The van der Waals surface area contributed by atoms with E-state index in [2.05, 4.69) is 23.8 Å². The molecule has 2 heterocycles. The molecule has 1 N–H and O–H groups in total. The Hall–Kier alpha value is -0.870. The van der Waals surface area contributed by atoms with Gasteiger partial charge in [-0.1, -0.05) is 13.8 Å². The number of aryl methyl sites for hydroxylation is 1. The predicted molar refractivity (Wildman–Crippen MR) is 72.7 cm³/mol. The molecular formula is C14H25N3O. The molecule has 0 aromatic carbocycles. The van der Waals surface area contributed by atoms with E-state index in [1.165, 1.54) is 23.4 Å². The summed E-state index contributed by atoms with van der Waals surface area (Å²) in [5, 5.41) is 8.07. The van der Waals surface area contributed by atoms with Gasteiger partial charge in [-0.25, -0.2) is 0 Å². The minimum Gasteiger partial charge on any atom is -0.381 e. The first-order valence-electron chi connectivity index (χ1n) is 7.09. The van der Waals surface area contributed by atoms with Gasteiger partial charge >= 0.3 is 0 Å². The Morgan fingerprint density at radius 3 is 2.78 bits per heavy atom. The Bertz CT molecular complexity index is 381. The van der Waals surface area contributed by atoms with Gasteiger partial charge in [-0.2, -0.15) is 5.10 Å². The summed E-state index contributed by atoms with van der Waals surface area (Å²) in [7, 11) is 2.00. The summed E-state index contributed by atoms with van der Waals surface area (Å²) in [5.74, 6) is 0.641. The van der Waals surface area contributed by atoms with Gasteiger partial charge in [-0.15, -0.1) is 0 Å². The van der Waals surface area contributed by atoms with Gasteiger partial charge in [-0.05, 0) is 26.3 Å². The highest BCUT2D eigenvalue weighted by atomic mass is 16.5. The molecule has 0 radical (unpaired) electrons. The van der Waals surface area contributed by atoms with E-state index in [9.17, 15) is 0 Å². The van der Waals surface area contributed by atoms with Crippen molar-refractivity contribution in [2.24, 2.45) is 5.92 Å². The Labute approximate surface area is 110 Å². The van der Waals surface area contributed by atoms with Crippen LogP contribution in [0.4, 0.5) is 0 Å². The van der Waals surface area contributed by atoms with Gasteiger partial charge in [0, 0.05) is 36.9 Å². The fraction of sp³-hybridized carbons (Fsp3) is 0.786. The van der Waals surface area contributed by atoms with Crippen molar-refractivity contribution in [3.63, 3.8) is 0 Å². The van der Waals surface area contributed by atoms with Crippen LogP contribution in [0.3, 0.4) is 0 Å². The molecule has 1 saturated heterocycles. The van der Waals surface area contributed by atoms with Gasteiger partial charge in [0.1, 0.15) is 0 Å². The standard InChI is InChI=1S/C14H25N3O/c1-4-13-12(8-15-3)14(5-2)17(16-13)9-11-6-7-18-10-11/h11,15H,4-10H2,1-3H3. The van der Waals surface area contributed by atoms with Crippen molar-refractivity contribution in [2.45, 2.75) is 46.2 Å². The van der Waals surface area contributed by atoms with E-state index in [1.807, 2.05) is 7.05 Å². The zero-order valence-electron chi connectivity index (χ0n) is 11.8. The second-order valence-electron chi connectivity index (χ2n) is 5.02. The van der Waals surface area contributed by atoms with Crippen LogP contribution in [0.25, 0.3) is 0 Å². The molecule has 1 atom stereocenters. The van der Waals surface area contributed by atoms with E-state index in [-0.39, 0.29) is 0 Å². The van der Waals surface area contributed by atoms with Crippen molar-refractivity contribution < 1.29 is 4.74 Å². The zero-order chi connectivity index (χ0) is 13.0. The van der Waals surface area contributed by atoms with Crippen molar-refractivity contribution in [3.05, 3.63) is 17.0 Å². The zero-order valence-corrected chi connectivity index (χ0v) is 11.8. The van der Waals surface area contributed by atoms with Crippen LogP contribution in [-0.2, 0) is 30.7 Å². The summed E-state index contributed by atoms with van der Waals surface area (Å²) in [5.41, 5.74) is 4.05. The van der Waals surface area contributed by atoms with E-state index in [1.54, 1.807) is 0 Å². The number of aromatic nitrogens is 2. The van der Waals surface area contributed by atoms with E-state index < -0.39 is 0 Å². The lowest BCUT2D eigenvalue weighted by Gasteiger charge is -2.11. The van der Waals surface area contributed by atoms with Crippen molar-refractivity contribution in [2.75, 3.05) is 20.3 Å². The number of rotatable bonds is 6. The predicted octanol–water partition coefficient (Wildman–Crippen LogP) is 1.76. The van der Waals surface area contributed by atoms with Crippen LogP contribution in [-0.4, -0.2) is 30.0 Å². The van der Waals surface area contributed by atoms with Crippen LogP contribution in [0.5, 0.6) is 0 Å². The summed E-state index contributed by atoms with van der Waals surface area (Å²) in [4.78, 5) is 0. The lowest BCUT2D eigenvalue weighted by molar-refractivity contribution is 0.181. The molecule has 0 spiro atoms. The average Bonchev–Trinajstić information content (AvgIpc) is 2.98. The smallest absolute Gasteiger partial charge is 0.0669 e. The maximum Gasteiger partial charge on any atom is 0.0669 e. The minimum absolute atomic E-state index is 0.641. The van der Waals surface area contributed by atoms with Gasteiger partial charge in [0.15, 0.2) is 0 Å². The van der Waals surface area contributed by atoms with Crippen LogP contribution in [0.15, 0.2) is 0 Å². The molecule has 18 heavy (non-hydrogen) atoms. The van der Waals surface area contributed by atoms with Gasteiger partial charge in [0.25, 0.3) is 0 Å². The molecule has 1 aromatic heterocycles. The quantitative estimate of drug-likeness (QED) is 0.837. The molecule has 4 heteroatoms. The maximum absolute atomic E-state index is 5.46. The van der Waals surface area contributed by atoms with Crippen molar-refractivity contribution >= 4 is 0 Å². The fourth-order valence-corrected chi connectivity index (χ4v) is 2.77. The number of hydrogen-bond acceptors (Lipinski definition) is 3. The van der Waals surface area contributed by atoms with Crippen LogP contribution >= 0.6 is 0 Å². The molecule has 1 unspecified atom stereocenters. The second kappa shape index (κ2) is 6.34. The molecule has 0 aliphatic carbocycles. The highest BCUT2D eigenvalue weighted by molar-refractivity contribution is 5.26. The molecule has 0 saturated carbocycles. The fourth-order valence-electron chi connectivity index (χ4n) is 2.77. The Balaban J connectivity index is 2.22. The van der Waals surface area contributed by atoms with Crippen molar-refractivity contribution in [3.8, 4) is 0 Å². The molecule has 102 valence electrons. The third-order valence-corrected chi connectivity index (χ3v) is 3.73. The van der Waals surface area contributed by atoms with Gasteiger partial charge < -0.3 is 10.1 Å². The van der Waals surface area contributed by atoms with E-state index in [0.29, 0.717) is 5.92 Å². The summed E-state index contributed by atoms with van der Waals surface area (Å²) in [6, 6.07) is 0. The summed E-state index contributed by atoms with van der Waals surface area (Å²) < 4.78 is 7.69. The number of ether oxygens (including phenoxy) is 1. The molecule has 1 fully saturated rings. The first-order chi connectivity index (χ1) is 8.80. The van der Waals surface area contributed by atoms with E-state index in [0.717, 1.165) is 39.1 Å². The van der Waals surface area contributed by atoms with Gasteiger partial charge in [0.05, 0.1) is 12.3 Å². The molecule has 4 nitrogen and oxygen atoms in total. The lowest BCUT2D eigenvalue weighted by Crippen LogP contribution is -2.15. The van der Waals surface area contributed by atoms with E-state index >= 15 is 0 Å². The Kier molecular flexibility index (Phi) is 4.78. The van der Waals surface area contributed by atoms with Crippen LogP contribution < -0.4 is 5.32 Å². The number of hydrogen-bond donors (Lipinski definition) is 1. The van der Waals surface area contributed by atoms with Gasteiger partial charge in [0.2, 0.25) is 0 Å². The molecule has 0 bridgehead atoms. The van der Waals surface area contributed by atoms with Crippen molar-refractivity contribution in [1.82, 2.24) is 15.1 Å². The van der Waals surface area contributed by atoms with E-state index in [4.69, 9.17) is 9.84 Å². The molecule has 1 aliphatic heterocycles. The first kappa shape index (κ1) is 13.6. The summed E-state index contributed by atoms with van der Waals surface area (Å²) >= 11 is 0. The number of nitrogens with zero attached hydrogens (tertiary/aromatic N) is 2. The monoisotopic (exact) mass is 251 g/mol. The Morgan fingerprint density at radius 1 is 1.39 bits per heavy atom. The van der Waals surface area contributed by atoms with Crippen LogP contribution in [0.1, 0.15) is 37.2 Å². The summed E-state index contributed by atoms with van der Waals surface area (Å²) in [6.45, 7) is 8.15. The highest BCUT2D eigenvalue weighted by Crippen LogP contribution is 2.20. The normalized spacial score (nSPS) is 19.6.